The number of benzene rings is 1. The number of nitrogens with zero attached hydrogens (tertiary/aromatic N) is 1. The second kappa shape index (κ2) is 20.4. The van der Waals surface area contributed by atoms with Gasteiger partial charge in [-0.3, -0.25) is 9.69 Å². The molecule has 1 atom stereocenters. The van der Waals surface area contributed by atoms with Gasteiger partial charge in [-0.05, 0) is 74.8 Å². The summed E-state index contributed by atoms with van der Waals surface area (Å²) in [6.45, 7) is 11.2. The number of carboxylic acid groups (broad SMARTS) is 1. The van der Waals surface area contributed by atoms with Crippen LogP contribution in [0.2, 0.25) is 0 Å². The molecule has 6 nitrogen and oxygen atoms in total. The molecule has 242 valence electrons. The molecular weight excluding hydrogens is 538 g/mol. The van der Waals surface area contributed by atoms with Gasteiger partial charge >= 0.3 is 11.9 Å². The van der Waals surface area contributed by atoms with Gasteiger partial charge in [0.1, 0.15) is 5.75 Å². The van der Waals surface area contributed by atoms with Gasteiger partial charge in [-0.15, -0.1) is 0 Å². The number of carbonyl (C=O) groups is 2. The van der Waals surface area contributed by atoms with Gasteiger partial charge in [0.25, 0.3) is 0 Å². The Labute approximate surface area is 261 Å². The lowest BCUT2D eigenvalue weighted by molar-refractivity contribution is -0.155. The van der Waals surface area contributed by atoms with Gasteiger partial charge in [0.15, 0.2) is 0 Å². The Morgan fingerprint density at radius 2 is 1.44 bits per heavy atom. The number of amides is 1. The lowest BCUT2D eigenvalue weighted by atomic mass is 9.79. The molecule has 1 N–H and O–H groups in total. The van der Waals surface area contributed by atoms with Crippen molar-refractivity contribution in [3.63, 3.8) is 0 Å². The number of unbranched alkanes of at least 4 members (excludes halogenated alkanes) is 12. The molecule has 1 aromatic rings. The molecule has 1 unspecified atom stereocenters. The predicted molar refractivity (Wildman–Crippen MR) is 177 cm³/mol. The van der Waals surface area contributed by atoms with Gasteiger partial charge in [-0.2, -0.15) is 0 Å². The second-order valence-electron chi connectivity index (χ2n) is 11.9. The zero-order valence-electron chi connectivity index (χ0n) is 28.1. The highest BCUT2D eigenvalue weighted by molar-refractivity contribution is 6.32. The van der Waals surface area contributed by atoms with Crippen molar-refractivity contribution in [3.05, 3.63) is 46.2 Å². The van der Waals surface area contributed by atoms with Gasteiger partial charge < -0.3 is 14.6 Å². The summed E-state index contributed by atoms with van der Waals surface area (Å²) in [6.07, 6.45) is 19.5. The molecular formula is C37H59NO5. The average Bonchev–Trinajstić information content (AvgIpc) is 2.99. The highest BCUT2D eigenvalue weighted by atomic mass is 16.5. The third-order valence-electron chi connectivity index (χ3n) is 8.86. The summed E-state index contributed by atoms with van der Waals surface area (Å²) in [4.78, 5) is 26.1. The second-order valence-corrected chi connectivity index (χ2v) is 11.9. The quantitative estimate of drug-likeness (QED) is 0.113. The molecule has 2 rings (SSSR count). The molecule has 0 spiro atoms. The molecule has 1 aromatic carbocycles. The smallest absolute Gasteiger partial charge is 0.394 e. The summed E-state index contributed by atoms with van der Waals surface area (Å²) >= 11 is 0. The number of aryl methyl sites for hydroxylation is 1. The standard InChI is InChI=1S/C37H59NO5/c1-7-10-11-12-13-14-15-16-17-18-19-20-21-23-30-24-22-25-33(43-9-3)34(30)35-31(8-2)28(4)38(36(39)37(40)41)29(5)32(35)26-27-42-6/h22,24-25,29H,7-21,23,26-27H2,1-6H3,(H,40,41). The fourth-order valence-electron chi connectivity index (χ4n) is 6.57. The molecule has 0 fully saturated rings. The summed E-state index contributed by atoms with van der Waals surface area (Å²) < 4.78 is 11.7. The molecule has 0 saturated heterocycles. The van der Waals surface area contributed by atoms with E-state index in [9.17, 15) is 14.7 Å². The Hall–Kier alpha value is -2.60. The maximum absolute atomic E-state index is 12.8. The summed E-state index contributed by atoms with van der Waals surface area (Å²) in [5.74, 6) is -1.48. The van der Waals surface area contributed by atoms with Crippen LogP contribution < -0.4 is 4.74 Å². The zero-order valence-corrected chi connectivity index (χ0v) is 28.1. The first kappa shape index (κ1) is 36.6. The Morgan fingerprint density at radius 3 is 1.95 bits per heavy atom. The normalized spacial score (nSPS) is 15.4. The molecule has 1 amide bonds. The van der Waals surface area contributed by atoms with Crippen LogP contribution in [0.4, 0.5) is 0 Å². The van der Waals surface area contributed by atoms with Crippen LogP contribution in [0.25, 0.3) is 5.57 Å². The zero-order chi connectivity index (χ0) is 31.6. The van der Waals surface area contributed by atoms with E-state index in [1.165, 1.54) is 87.5 Å². The van der Waals surface area contributed by atoms with Crippen LogP contribution in [0.3, 0.4) is 0 Å². The van der Waals surface area contributed by atoms with Gasteiger partial charge in [-0.1, -0.05) is 103 Å². The van der Waals surface area contributed by atoms with Crippen LogP contribution >= 0.6 is 0 Å². The number of hydrogen-bond acceptors (Lipinski definition) is 4. The van der Waals surface area contributed by atoms with Crippen LogP contribution in [0.1, 0.15) is 142 Å². The monoisotopic (exact) mass is 597 g/mol. The van der Waals surface area contributed by atoms with Gasteiger partial charge in [0.05, 0.1) is 19.3 Å². The topological polar surface area (TPSA) is 76.1 Å². The van der Waals surface area contributed by atoms with E-state index in [0.717, 1.165) is 40.9 Å². The third kappa shape index (κ3) is 10.8. The average molecular weight is 598 g/mol. The van der Waals surface area contributed by atoms with E-state index in [1.54, 1.807) is 7.11 Å². The first-order valence-electron chi connectivity index (χ1n) is 17.1. The van der Waals surface area contributed by atoms with E-state index in [1.807, 2.05) is 26.8 Å². The summed E-state index contributed by atoms with van der Waals surface area (Å²) in [5.41, 5.74) is 6.18. The van der Waals surface area contributed by atoms with E-state index >= 15 is 0 Å². The highest BCUT2D eigenvalue weighted by Crippen LogP contribution is 2.45. The minimum atomic E-state index is -1.44. The van der Waals surface area contributed by atoms with E-state index in [-0.39, 0.29) is 0 Å². The van der Waals surface area contributed by atoms with E-state index < -0.39 is 17.9 Å². The van der Waals surface area contributed by atoms with E-state index in [4.69, 9.17) is 9.47 Å². The number of ether oxygens (including phenoxy) is 2. The van der Waals surface area contributed by atoms with Crippen LogP contribution in [-0.2, 0) is 20.7 Å². The molecule has 43 heavy (non-hydrogen) atoms. The number of carbonyl (C=O) groups excluding carboxylic acids is 1. The van der Waals surface area contributed by atoms with Crippen molar-refractivity contribution in [3.8, 4) is 5.75 Å². The number of allylic oxidation sites excluding steroid dienone is 3. The lowest BCUT2D eigenvalue weighted by Crippen LogP contribution is -2.45. The van der Waals surface area contributed by atoms with Crippen molar-refractivity contribution >= 4 is 17.4 Å². The Kier molecular flexibility index (Phi) is 17.3. The lowest BCUT2D eigenvalue weighted by Gasteiger charge is -2.39. The summed E-state index contributed by atoms with van der Waals surface area (Å²) in [7, 11) is 1.67. The predicted octanol–water partition coefficient (Wildman–Crippen LogP) is 9.51. The number of carboxylic acids is 1. The SMILES string of the molecule is CCCCCCCCCCCCCCCc1cccc(OCC)c1C1=C(CCOC)C(C)N(C(=O)C(=O)O)C(C)=C1CC. The van der Waals surface area contributed by atoms with Crippen molar-refractivity contribution in [1.29, 1.82) is 0 Å². The molecule has 0 aliphatic carbocycles. The Balaban J connectivity index is 2.22. The Morgan fingerprint density at radius 1 is 0.860 bits per heavy atom. The fraction of sp³-hybridized carbons (Fsp3) is 0.676. The maximum atomic E-state index is 12.8. The van der Waals surface area contributed by atoms with Crippen LogP contribution in [0, 0.1) is 0 Å². The molecule has 1 aliphatic heterocycles. The number of hydrogen-bond donors (Lipinski definition) is 1. The number of rotatable bonds is 21. The highest BCUT2D eigenvalue weighted by Gasteiger charge is 2.37. The van der Waals surface area contributed by atoms with Gasteiger partial charge in [0.2, 0.25) is 0 Å². The van der Waals surface area contributed by atoms with Crippen molar-refractivity contribution in [2.45, 2.75) is 143 Å². The molecule has 1 aliphatic rings. The van der Waals surface area contributed by atoms with Crippen molar-refractivity contribution in [1.82, 2.24) is 4.90 Å². The first-order chi connectivity index (χ1) is 20.8. The molecule has 0 aromatic heterocycles. The largest absolute Gasteiger partial charge is 0.493 e. The third-order valence-corrected chi connectivity index (χ3v) is 8.86. The maximum Gasteiger partial charge on any atom is 0.394 e. The molecule has 0 bridgehead atoms. The molecule has 0 saturated carbocycles. The minimum absolute atomic E-state index is 0.400. The van der Waals surface area contributed by atoms with Gasteiger partial charge in [-0.25, -0.2) is 4.79 Å². The minimum Gasteiger partial charge on any atom is -0.493 e. The van der Waals surface area contributed by atoms with E-state index in [0.29, 0.717) is 31.8 Å². The summed E-state index contributed by atoms with van der Waals surface area (Å²) in [5, 5.41) is 9.61. The summed E-state index contributed by atoms with van der Waals surface area (Å²) in [6, 6.07) is 5.93. The van der Waals surface area contributed by atoms with Crippen LogP contribution in [0.5, 0.6) is 5.75 Å². The van der Waals surface area contributed by atoms with Crippen LogP contribution in [0.15, 0.2) is 35.0 Å². The van der Waals surface area contributed by atoms with Crippen molar-refractivity contribution < 1.29 is 24.2 Å². The van der Waals surface area contributed by atoms with Crippen molar-refractivity contribution in [2.75, 3.05) is 20.3 Å². The van der Waals surface area contributed by atoms with Gasteiger partial charge in [0, 0.05) is 18.4 Å². The first-order valence-corrected chi connectivity index (χ1v) is 17.1. The number of aliphatic carboxylic acids is 1. The molecule has 1 heterocycles. The fourth-order valence-corrected chi connectivity index (χ4v) is 6.57. The number of methoxy groups -OCH3 is 1. The van der Waals surface area contributed by atoms with Crippen LogP contribution in [-0.4, -0.2) is 48.2 Å². The van der Waals surface area contributed by atoms with Crippen molar-refractivity contribution in [2.24, 2.45) is 0 Å². The molecule has 6 heteroatoms. The molecule has 0 radical (unpaired) electrons. The van der Waals surface area contributed by atoms with E-state index in [2.05, 4.69) is 26.0 Å². The Bertz CT molecular complexity index is 1070.